The van der Waals surface area contributed by atoms with E-state index < -0.39 is 0 Å². The van der Waals surface area contributed by atoms with E-state index in [9.17, 15) is 9.59 Å². The van der Waals surface area contributed by atoms with E-state index in [1.165, 1.54) is 6.08 Å². The van der Waals surface area contributed by atoms with Crippen molar-refractivity contribution in [3.63, 3.8) is 0 Å². The average Bonchev–Trinajstić information content (AvgIpc) is 3.09. The molecule has 0 aromatic heterocycles. The third kappa shape index (κ3) is 3.29. The van der Waals surface area contributed by atoms with Crippen LogP contribution in [0, 0.1) is 5.92 Å². The van der Waals surface area contributed by atoms with Crippen LogP contribution in [0.2, 0.25) is 0 Å². The van der Waals surface area contributed by atoms with Crippen LogP contribution in [0.3, 0.4) is 0 Å². The third-order valence-corrected chi connectivity index (χ3v) is 4.17. The fraction of sp³-hybridized carbons (Fsp3) is 0.412. The minimum absolute atomic E-state index is 0.146. The van der Waals surface area contributed by atoms with Gasteiger partial charge in [0.15, 0.2) is 11.5 Å². The molecule has 2 aliphatic rings. The summed E-state index contributed by atoms with van der Waals surface area (Å²) in [5.41, 5.74) is 6.06. The molecule has 0 aliphatic carbocycles. The van der Waals surface area contributed by atoms with Gasteiger partial charge in [0.2, 0.25) is 17.6 Å². The van der Waals surface area contributed by atoms with Crippen molar-refractivity contribution in [3.05, 3.63) is 23.8 Å². The lowest BCUT2D eigenvalue weighted by Crippen LogP contribution is -2.30. The molecule has 24 heavy (non-hydrogen) atoms. The van der Waals surface area contributed by atoms with Gasteiger partial charge in [0.1, 0.15) is 13.2 Å². The Morgan fingerprint density at radius 2 is 2.12 bits per heavy atom. The molecule has 0 bridgehead atoms. The number of carbonyl (C=O) groups is 2. The number of nitrogens with zero attached hydrogens (tertiary/aromatic N) is 1. The first-order chi connectivity index (χ1) is 11.6. The molecule has 0 saturated carbocycles. The lowest BCUT2D eigenvalue weighted by atomic mass is 10.1. The van der Waals surface area contributed by atoms with E-state index in [0.29, 0.717) is 50.0 Å². The number of benzene rings is 1. The number of likely N-dealkylation sites (tertiary alicyclic amines) is 1. The molecule has 3 rings (SSSR count). The Balaban J connectivity index is 1.72. The van der Waals surface area contributed by atoms with E-state index in [2.05, 4.69) is 0 Å². The predicted molar refractivity (Wildman–Crippen MR) is 86.9 cm³/mol. The van der Waals surface area contributed by atoms with Crippen LogP contribution in [0.15, 0.2) is 18.2 Å². The third-order valence-electron chi connectivity index (χ3n) is 4.17. The zero-order valence-corrected chi connectivity index (χ0v) is 13.5. The molecule has 1 aromatic rings. The van der Waals surface area contributed by atoms with Crippen molar-refractivity contribution in [1.29, 1.82) is 0 Å². The molecule has 2 amide bonds. The van der Waals surface area contributed by atoms with Crippen LogP contribution in [0.25, 0.3) is 6.08 Å². The molecule has 7 nitrogen and oxygen atoms in total. The van der Waals surface area contributed by atoms with Gasteiger partial charge in [-0.25, -0.2) is 0 Å². The summed E-state index contributed by atoms with van der Waals surface area (Å²) < 4.78 is 16.4. The van der Waals surface area contributed by atoms with Gasteiger partial charge >= 0.3 is 0 Å². The second kappa shape index (κ2) is 6.82. The van der Waals surface area contributed by atoms with Crippen LogP contribution in [-0.4, -0.2) is 50.1 Å². The van der Waals surface area contributed by atoms with Gasteiger partial charge in [-0.1, -0.05) is 0 Å². The molecule has 2 heterocycles. The number of primary amides is 1. The van der Waals surface area contributed by atoms with Crippen LogP contribution >= 0.6 is 0 Å². The SMILES string of the molecule is COc1cc(/C=C\C(=O)N2CC[C@H](C(N)=O)C2)cc2c1OCCO2. The van der Waals surface area contributed by atoms with Crippen LogP contribution in [0.4, 0.5) is 0 Å². The molecule has 1 atom stereocenters. The lowest BCUT2D eigenvalue weighted by molar-refractivity contribution is -0.125. The van der Waals surface area contributed by atoms with Crippen molar-refractivity contribution >= 4 is 17.9 Å². The summed E-state index contributed by atoms with van der Waals surface area (Å²) >= 11 is 0. The van der Waals surface area contributed by atoms with Crippen LogP contribution in [0.5, 0.6) is 17.2 Å². The molecule has 128 valence electrons. The van der Waals surface area contributed by atoms with Crippen molar-refractivity contribution in [2.24, 2.45) is 11.7 Å². The molecule has 0 radical (unpaired) electrons. The number of hydrogen-bond donors (Lipinski definition) is 1. The van der Waals surface area contributed by atoms with Crippen LogP contribution in [-0.2, 0) is 9.59 Å². The van der Waals surface area contributed by atoms with Gasteiger partial charge < -0.3 is 24.8 Å². The van der Waals surface area contributed by atoms with Gasteiger partial charge in [-0.15, -0.1) is 0 Å². The van der Waals surface area contributed by atoms with E-state index >= 15 is 0 Å². The summed E-state index contributed by atoms with van der Waals surface area (Å²) in [6, 6.07) is 3.59. The maximum Gasteiger partial charge on any atom is 0.246 e. The van der Waals surface area contributed by atoms with E-state index in [4.69, 9.17) is 19.9 Å². The largest absolute Gasteiger partial charge is 0.493 e. The van der Waals surface area contributed by atoms with Crippen LogP contribution in [0.1, 0.15) is 12.0 Å². The zero-order chi connectivity index (χ0) is 17.1. The van der Waals surface area contributed by atoms with Crippen molar-refractivity contribution in [1.82, 2.24) is 4.90 Å². The summed E-state index contributed by atoms with van der Waals surface area (Å²) in [5.74, 6) is 0.989. The molecule has 0 unspecified atom stereocenters. The summed E-state index contributed by atoms with van der Waals surface area (Å²) in [7, 11) is 1.56. The Morgan fingerprint density at radius 1 is 1.33 bits per heavy atom. The minimum Gasteiger partial charge on any atom is -0.493 e. The monoisotopic (exact) mass is 332 g/mol. The fourth-order valence-corrected chi connectivity index (χ4v) is 2.86. The number of nitrogens with two attached hydrogens (primary N) is 1. The summed E-state index contributed by atoms with van der Waals surface area (Å²) in [6.45, 7) is 1.88. The first kappa shape index (κ1) is 16.2. The number of rotatable bonds is 4. The molecule has 1 aromatic carbocycles. The van der Waals surface area contributed by atoms with Crippen molar-refractivity contribution in [2.45, 2.75) is 6.42 Å². The van der Waals surface area contributed by atoms with Crippen molar-refractivity contribution < 1.29 is 23.8 Å². The van der Waals surface area contributed by atoms with Crippen molar-refractivity contribution in [2.75, 3.05) is 33.4 Å². The number of carbonyl (C=O) groups excluding carboxylic acids is 2. The Labute approximate surface area is 140 Å². The highest BCUT2D eigenvalue weighted by Gasteiger charge is 2.28. The van der Waals surface area contributed by atoms with E-state index in [0.717, 1.165) is 5.56 Å². The Kier molecular flexibility index (Phi) is 4.59. The number of fused-ring (bicyclic) bond motifs is 1. The highest BCUT2D eigenvalue weighted by atomic mass is 16.6. The fourth-order valence-electron chi connectivity index (χ4n) is 2.86. The summed E-state index contributed by atoms with van der Waals surface area (Å²) in [6.07, 6.45) is 3.79. The molecule has 1 saturated heterocycles. The average molecular weight is 332 g/mol. The first-order valence-corrected chi connectivity index (χ1v) is 7.82. The Hall–Kier alpha value is -2.70. The van der Waals surface area contributed by atoms with Gasteiger partial charge in [-0.2, -0.15) is 0 Å². The Morgan fingerprint density at radius 3 is 2.83 bits per heavy atom. The van der Waals surface area contributed by atoms with Gasteiger partial charge in [-0.05, 0) is 30.2 Å². The maximum absolute atomic E-state index is 12.2. The molecule has 7 heteroatoms. The second-order valence-corrected chi connectivity index (χ2v) is 5.75. The normalized spacial score (nSPS) is 19.5. The van der Waals surface area contributed by atoms with Gasteiger partial charge in [0, 0.05) is 19.2 Å². The van der Waals surface area contributed by atoms with E-state index in [1.54, 1.807) is 30.2 Å². The quantitative estimate of drug-likeness (QED) is 0.824. The topological polar surface area (TPSA) is 91.1 Å². The number of ether oxygens (including phenoxy) is 3. The first-order valence-electron chi connectivity index (χ1n) is 7.82. The highest BCUT2D eigenvalue weighted by Crippen LogP contribution is 2.40. The predicted octanol–water partition coefficient (Wildman–Crippen LogP) is 0.813. The Bertz CT molecular complexity index is 669. The standard InChI is InChI=1S/C17H20N2O5/c1-22-13-8-11(9-14-16(13)24-7-6-23-14)2-3-15(20)19-5-4-12(10-19)17(18)21/h2-3,8-9,12H,4-7,10H2,1H3,(H2,18,21)/b3-2-/t12-/m0/s1. The van der Waals surface area contributed by atoms with Crippen LogP contribution < -0.4 is 19.9 Å². The van der Waals surface area contributed by atoms with Crippen molar-refractivity contribution in [3.8, 4) is 17.2 Å². The molecular weight excluding hydrogens is 312 g/mol. The second-order valence-electron chi connectivity index (χ2n) is 5.75. The minimum atomic E-state index is -0.356. The van der Waals surface area contributed by atoms with E-state index in [-0.39, 0.29) is 17.7 Å². The molecule has 2 N–H and O–H groups in total. The molecule has 1 fully saturated rings. The number of methoxy groups -OCH3 is 1. The lowest BCUT2D eigenvalue weighted by Gasteiger charge is -2.21. The zero-order valence-electron chi connectivity index (χ0n) is 13.5. The molecule has 2 aliphatic heterocycles. The van der Waals surface area contributed by atoms with Gasteiger partial charge in [-0.3, -0.25) is 9.59 Å². The van der Waals surface area contributed by atoms with E-state index in [1.807, 2.05) is 0 Å². The summed E-state index contributed by atoms with van der Waals surface area (Å²) in [5, 5.41) is 0. The molecular formula is C17H20N2O5. The molecule has 0 spiro atoms. The summed E-state index contributed by atoms with van der Waals surface area (Å²) in [4.78, 5) is 25.0. The highest BCUT2D eigenvalue weighted by molar-refractivity contribution is 5.92. The maximum atomic E-state index is 12.2. The number of amides is 2. The number of hydrogen-bond acceptors (Lipinski definition) is 5. The smallest absolute Gasteiger partial charge is 0.246 e. The van der Waals surface area contributed by atoms with Gasteiger partial charge in [0.05, 0.1) is 13.0 Å². The van der Waals surface area contributed by atoms with Gasteiger partial charge in [0.25, 0.3) is 0 Å².